The largest absolute Gasteiger partial charge is 0.307 e. The molecule has 0 unspecified atom stereocenters. The van der Waals surface area contributed by atoms with Crippen LogP contribution in [0.15, 0.2) is 243 Å². The van der Waals surface area contributed by atoms with Crippen molar-refractivity contribution in [1.29, 1.82) is 0 Å². The number of aromatic nitrogens is 5. The summed E-state index contributed by atoms with van der Waals surface area (Å²) < 4.78 is 4.58. The molecule has 3 heterocycles. The predicted octanol–water partition coefficient (Wildman–Crippen LogP) is 11.1. The summed E-state index contributed by atoms with van der Waals surface area (Å²) in [7, 11) is 33.5. The maximum Gasteiger partial charge on any atom is 0.238 e. The van der Waals surface area contributed by atoms with Gasteiger partial charge in [0.25, 0.3) is 0 Å². The summed E-state index contributed by atoms with van der Waals surface area (Å²) in [5, 5.41) is 4.16. The Labute approximate surface area is 469 Å². The Morgan fingerprint density at radius 1 is 0.312 bits per heavy atom. The third-order valence-corrected chi connectivity index (χ3v) is 16.4. The molecule has 0 N–H and O–H groups in total. The van der Waals surface area contributed by atoms with Crippen LogP contribution in [0, 0.1) is 0 Å². The van der Waals surface area contributed by atoms with Crippen molar-refractivity contribution in [3.05, 3.63) is 265 Å². The summed E-state index contributed by atoms with van der Waals surface area (Å²) in [6.07, 6.45) is 0. The minimum atomic E-state index is -0.630. The zero-order valence-electron chi connectivity index (χ0n) is 43.2. The van der Waals surface area contributed by atoms with E-state index in [-0.39, 0.29) is 27.3 Å². The van der Waals surface area contributed by atoms with Crippen molar-refractivity contribution in [2.45, 2.75) is 5.41 Å². The normalized spacial score (nSPS) is 12.6. The molecule has 10 heteroatoms. The Kier molecular flexibility index (Phi) is 11.0. The Morgan fingerprint density at radius 2 is 0.762 bits per heavy atom. The van der Waals surface area contributed by atoms with Gasteiger partial charge in [-0.2, -0.15) is 9.97 Å². The second-order valence-electron chi connectivity index (χ2n) is 20.5. The summed E-state index contributed by atoms with van der Waals surface area (Å²) in [5.41, 5.74) is 17.0. The molecule has 1 aliphatic carbocycles. The summed E-state index contributed by atoms with van der Waals surface area (Å²) >= 11 is 0. The van der Waals surface area contributed by atoms with Gasteiger partial charge in [0.1, 0.15) is 39.2 Å². The van der Waals surface area contributed by atoms with E-state index in [1.54, 1.807) is 0 Å². The van der Waals surface area contributed by atoms with Crippen molar-refractivity contribution in [2.24, 2.45) is 0 Å². The molecule has 15 rings (SSSR count). The first-order valence-corrected chi connectivity index (χ1v) is 26.6. The SMILES string of the molecule is [B]c1c([B])c([B])c(-c2cccc(-n3c4ccccc4c4ccc5c6ccccc6n(-c6nc(-c7ccccc7)nc(-c7cccc(C8(c9ccccc9)c9ccccc9-c9ccccc98)c7)n6)c5c43)c2-c2ccccc2)c([B])c1[B]. The van der Waals surface area contributed by atoms with E-state index in [4.69, 9.17) is 54.2 Å². The summed E-state index contributed by atoms with van der Waals surface area (Å²) in [6, 6.07) is 85.3. The van der Waals surface area contributed by atoms with Crippen molar-refractivity contribution in [1.82, 2.24) is 24.1 Å². The van der Waals surface area contributed by atoms with Crippen LogP contribution in [-0.2, 0) is 5.41 Å². The van der Waals surface area contributed by atoms with Crippen LogP contribution in [0.25, 0.3) is 111 Å². The summed E-state index contributed by atoms with van der Waals surface area (Å²) in [4.78, 5) is 16.5. The lowest BCUT2D eigenvalue weighted by Gasteiger charge is -2.34. The lowest BCUT2D eigenvalue weighted by Crippen LogP contribution is -2.55. The Balaban J connectivity index is 1.04. The monoisotopic (exact) mass is 1010 g/mol. The van der Waals surface area contributed by atoms with Gasteiger partial charge in [0, 0.05) is 38.2 Å². The fourth-order valence-corrected chi connectivity index (χ4v) is 12.9. The zero-order valence-corrected chi connectivity index (χ0v) is 43.2. The third kappa shape index (κ3) is 6.94. The number of fused-ring (bicyclic) bond motifs is 10. The summed E-state index contributed by atoms with van der Waals surface area (Å²) in [5.74, 6) is 1.54. The average molecular weight is 1010 g/mol. The second-order valence-corrected chi connectivity index (χ2v) is 20.5. The zero-order chi connectivity index (χ0) is 53.8. The molecule has 3 aromatic heterocycles. The van der Waals surface area contributed by atoms with Gasteiger partial charge in [-0.25, -0.2) is 4.98 Å². The van der Waals surface area contributed by atoms with Gasteiger partial charge in [-0.15, -0.1) is 16.4 Å². The highest BCUT2D eigenvalue weighted by Gasteiger charge is 2.46. The van der Waals surface area contributed by atoms with E-state index < -0.39 is 5.41 Å². The van der Waals surface area contributed by atoms with Gasteiger partial charge in [-0.1, -0.05) is 229 Å². The maximum atomic E-state index is 6.93. The molecular formula is C70H40B5N5. The highest BCUT2D eigenvalue weighted by molar-refractivity contribution is 6.68. The van der Waals surface area contributed by atoms with E-state index in [0.717, 1.165) is 82.7 Å². The molecule has 0 aliphatic heterocycles. The second kappa shape index (κ2) is 18.5. The Bertz CT molecular complexity index is 4770. The molecule has 80 heavy (non-hydrogen) atoms. The van der Waals surface area contributed by atoms with Crippen molar-refractivity contribution < 1.29 is 0 Å². The van der Waals surface area contributed by atoms with Crippen molar-refractivity contribution >= 4 is 110 Å². The lowest BCUT2D eigenvalue weighted by molar-refractivity contribution is 0.768. The van der Waals surface area contributed by atoms with Crippen LogP contribution >= 0.6 is 0 Å². The lowest BCUT2D eigenvalue weighted by atomic mass is 9.59. The van der Waals surface area contributed by atoms with Crippen molar-refractivity contribution in [3.8, 4) is 67.8 Å². The number of hydrogen-bond acceptors (Lipinski definition) is 3. The van der Waals surface area contributed by atoms with E-state index in [1.165, 1.54) is 27.8 Å². The van der Waals surface area contributed by atoms with Crippen LogP contribution in [0.2, 0.25) is 0 Å². The van der Waals surface area contributed by atoms with Gasteiger partial charge < -0.3 is 4.57 Å². The van der Waals surface area contributed by atoms with Gasteiger partial charge >= 0.3 is 0 Å². The molecular weight excluding hydrogens is 965 g/mol. The molecule has 0 atom stereocenters. The first-order valence-electron chi connectivity index (χ1n) is 26.6. The Hall–Kier alpha value is -9.65. The van der Waals surface area contributed by atoms with Crippen LogP contribution in [0.4, 0.5) is 0 Å². The molecule has 5 nitrogen and oxygen atoms in total. The van der Waals surface area contributed by atoms with E-state index >= 15 is 0 Å². The van der Waals surface area contributed by atoms with Crippen LogP contribution < -0.4 is 27.3 Å². The fraction of sp³-hybridized carbons (Fsp3) is 0.0143. The molecule has 0 fully saturated rings. The molecule has 0 saturated heterocycles. The first-order chi connectivity index (χ1) is 39.3. The van der Waals surface area contributed by atoms with Gasteiger partial charge in [0.15, 0.2) is 11.6 Å². The molecule has 0 saturated carbocycles. The van der Waals surface area contributed by atoms with E-state index in [1.807, 2.05) is 48.5 Å². The topological polar surface area (TPSA) is 48.5 Å². The van der Waals surface area contributed by atoms with Crippen LogP contribution in [-0.4, -0.2) is 63.3 Å². The minimum Gasteiger partial charge on any atom is -0.307 e. The fourth-order valence-electron chi connectivity index (χ4n) is 12.9. The first kappa shape index (κ1) is 47.6. The number of nitrogens with zero attached hydrogens (tertiary/aromatic N) is 5. The smallest absolute Gasteiger partial charge is 0.238 e. The van der Waals surface area contributed by atoms with Crippen molar-refractivity contribution in [2.75, 3.05) is 0 Å². The molecule has 0 bridgehead atoms. The predicted molar refractivity (Wildman–Crippen MR) is 334 cm³/mol. The third-order valence-electron chi connectivity index (χ3n) is 16.4. The number of benzene rings is 11. The molecule has 10 radical (unpaired) electrons. The van der Waals surface area contributed by atoms with Gasteiger partial charge in [-0.05, 0) is 74.3 Å². The number of para-hydroxylation sites is 2. The van der Waals surface area contributed by atoms with E-state index in [9.17, 15) is 0 Å². The highest BCUT2D eigenvalue weighted by Crippen LogP contribution is 2.56. The quantitative estimate of drug-likeness (QED) is 0.143. The molecule has 0 amide bonds. The number of hydrogen-bond donors (Lipinski definition) is 0. The van der Waals surface area contributed by atoms with E-state index in [2.05, 4.69) is 203 Å². The molecule has 1 aliphatic rings. The molecule has 0 spiro atoms. The van der Waals surface area contributed by atoms with E-state index in [0.29, 0.717) is 23.2 Å². The standard InChI is InChI=1S/C70H40B5N5/c71-60-59(61(72)63(74)64(75)62(60)73)52-32-19-37-57(58(52)41-20-4-1-5-21-41)79-55-35-16-12-30-48(55)50-38-39-51-49-31-13-17-36-56(49)80(66(51)65(50)79)69-77-67(42-22-6-2-7-23-42)76-68(78-69)43-24-18-27-45(40-43)70(44-25-8-3-9-26-44)53-33-14-10-28-46(53)47-29-11-15-34-54(47)70/h1-40H. The van der Waals surface area contributed by atoms with Gasteiger partial charge in [0.05, 0.1) is 33.2 Å². The number of rotatable bonds is 8. The highest BCUT2D eigenvalue weighted by atomic mass is 15.2. The van der Waals surface area contributed by atoms with Gasteiger partial charge in [-0.3, -0.25) is 4.57 Å². The van der Waals surface area contributed by atoms with Crippen LogP contribution in [0.5, 0.6) is 0 Å². The van der Waals surface area contributed by atoms with Crippen LogP contribution in [0.1, 0.15) is 22.3 Å². The van der Waals surface area contributed by atoms with Gasteiger partial charge in [0.2, 0.25) is 5.95 Å². The van der Waals surface area contributed by atoms with Crippen molar-refractivity contribution in [3.63, 3.8) is 0 Å². The maximum absolute atomic E-state index is 6.93. The summed E-state index contributed by atoms with van der Waals surface area (Å²) in [6.45, 7) is 0. The average Bonchev–Trinajstić information content (AvgIpc) is 3.83. The minimum absolute atomic E-state index is 0.157. The molecule has 360 valence electrons. The molecule has 11 aromatic carbocycles. The van der Waals surface area contributed by atoms with Crippen LogP contribution in [0.3, 0.4) is 0 Å². The Morgan fingerprint density at radius 3 is 1.39 bits per heavy atom. The molecule has 14 aromatic rings.